The summed E-state index contributed by atoms with van der Waals surface area (Å²) in [5.74, 6) is -0.0884. The number of phenols is 1. The largest absolute Gasteiger partial charge is 0.508 e. The number of nitrogens with one attached hydrogen (secondary N) is 1. The molecule has 2 aromatic rings. The number of halogens is 2. The second-order valence-corrected chi connectivity index (χ2v) is 5.48. The summed E-state index contributed by atoms with van der Waals surface area (Å²) >= 11 is 5.81. The summed E-state index contributed by atoms with van der Waals surface area (Å²) in [6.45, 7) is 2.86. The van der Waals surface area contributed by atoms with Crippen LogP contribution in [0.3, 0.4) is 0 Å². The molecule has 0 aliphatic carbocycles. The van der Waals surface area contributed by atoms with Crippen LogP contribution >= 0.6 is 11.6 Å². The van der Waals surface area contributed by atoms with E-state index in [1.54, 1.807) is 30.3 Å². The number of aromatic hydroxyl groups is 1. The van der Waals surface area contributed by atoms with Gasteiger partial charge in [-0.2, -0.15) is 0 Å². The maximum Gasteiger partial charge on any atom is 0.129 e. The number of benzene rings is 2. The molecular formula is C17H19ClFNO. The van der Waals surface area contributed by atoms with Gasteiger partial charge in [0.2, 0.25) is 0 Å². The van der Waals surface area contributed by atoms with E-state index in [1.165, 1.54) is 6.07 Å². The van der Waals surface area contributed by atoms with E-state index in [1.807, 2.05) is 6.07 Å². The molecule has 0 fully saturated rings. The zero-order valence-electron chi connectivity index (χ0n) is 11.9. The summed E-state index contributed by atoms with van der Waals surface area (Å²) in [5.41, 5.74) is 1.55. The van der Waals surface area contributed by atoms with E-state index in [-0.39, 0.29) is 17.6 Å². The quantitative estimate of drug-likeness (QED) is 0.825. The van der Waals surface area contributed by atoms with Gasteiger partial charge in [-0.3, -0.25) is 0 Å². The van der Waals surface area contributed by atoms with Gasteiger partial charge in [-0.1, -0.05) is 36.7 Å². The molecule has 4 heteroatoms. The molecule has 21 heavy (non-hydrogen) atoms. The highest BCUT2D eigenvalue weighted by Crippen LogP contribution is 2.25. The molecule has 1 unspecified atom stereocenters. The van der Waals surface area contributed by atoms with Gasteiger partial charge in [0.1, 0.15) is 11.6 Å². The molecule has 0 heterocycles. The first-order valence-electron chi connectivity index (χ1n) is 7.06. The van der Waals surface area contributed by atoms with Gasteiger partial charge in [0.15, 0.2) is 0 Å². The fraction of sp³-hybridized carbons (Fsp3) is 0.294. The highest BCUT2D eigenvalue weighted by Gasteiger charge is 2.16. The number of hydrogen-bond acceptors (Lipinski definition) is 2. The predicted molar refractivity (Wildman–Crippen MR) is 84.3 cm³/mol. The maximum absolute atomic E-state index is 14.1. The van der Waals surface area contributed by atoms with Crippen molar-refractivity contribution >= 4 is 11.6 Å². The molecule has 0 radical (unpaired) electrons. The zero-order chi connectivity index (χ0) is 15.2. The van der Waals surface area contributed by atoms with Gasteiger partial charge in [-0.25, -0.2) is 4.39 Å². The van der Waals surface area contributed by atoms with Crippen molar-refractivity contribution in [3.05, 3.63) is 64.4 Å². The Morgan fingerprint density at radius 1 is 1.24 bits per heavy atom. The SMILES string of the molecule is CCCNC(Cc1cccc(O)c1)c1ccc(Cl)cc1F. The lowest BCUT2D eigenvalue weighted by Crippen LogP contribution is -2.25. The average Bonchev–Trinajstić information content (AvgIpc) is 2.44. The van der Waals surface area contributed by atoms with Crippen LogP contribution in [0.25, 0.3) is 0 Å². The molecule has 0 bridgehead atoms. The van der Waals surface area contributed by atoms with E-state index < -0.39 is 0 Å². The third kappa shape index (κ3) is 4.45. The second-order valence-electron chi connectivity index (χ2n) is 5.05. The zero-order valence-corrected chi connectivity index (χ0v) is 12.7. The summed E-state index contributed by atoms with van der Waals surface area (Å²) in [7, 11) is 0. The minimum absolute atomic E-state index is 0.149. The lowest BCUT2D eigenvalue weighted by atomic mass is 9.98. The number of phenolic OH excluding ortho intramolecular Hbond substituents is 1. The minimum atomic E-state index is -0.309. The Morgan fingerprint density at radius 2 is 2.05 bits per heavy atom. The van der Waals surface area contributed by atoms with Gasteiger partial charge < -0.3 is 10.4 Å². The van der Waals surface area contributed by atoms with Crippen LogP contribution in [0, 0.1) is 5.82 Å². The molecular weight excluding hydrogens is 289 g/mol. The topological polar surface area (TPSA) is 32.3 Å². The normalized spacial score (nSPS) is 12.3. The van der Waals surface area contributed by atoms with E-state index in [9.17, 15) is 9.50 Å². The Kier molecular flexibility index (Phi) is 5.59. The molecule has 0 amide bonds. The molecule has 112 valence electrons. The molecule has 0 aliphatic rings. The Hall–Kier alpha value is -1.58. The smallest absolute Gasteiger partial charge is 0.129 e. The molecule has 2 nitrogen and oxygen atoms in total. The van der Waals surface area contributed by atoms with Crippen LogP contribution in [-0.4, -0.2) is 11.7 Å². The summed E-state index contributed by atoms with van der Waals surface area (Å²) < 4.78 is 14.1. The second kappa shape index (κ2) is 7.43. The first-order chi connectivity index (χ1) is 10.1. The van der Waals surface area contributed by atoms with Crippen molar-refractivity contribution in [3.8, 4) is 5.75 Å². The van der Waals surface area contributed by atoms with Crippen LogP contribution < -0.4 is 5.32 Å². The van der Waals surface area contributed by atoms with E-state index in [4.69, 9.17) is 11.6 Å². The van der Waals surface area contributed by atoms with Crippen molar-refractivity contribution in [2.45, 2.75) is 25.8 Å². The summed E-state index contributed by atoms with van der Waals surface area (Å²) in [6.07, 6.45) is 1.57. The van der Waals surface area contributed by atoms with Crippen LogP contribution in [0.1, 0.15) is 30.5 Å². The summed E-state index contributed by atoms with van der Waals surface area (Å²) in [4.78, 5) is 0. The summed E-state index contributed by atoms with van der Waals surface area (Å²) in [6, 6.07) is 11.6. The van der Waals surface area contributed by atoms with Crippen LogP contribution in [0.5, 0.6) is 5.75 Å². The van der Waals surface area contributed by atoms with Crippen LogP contribution in [0.4, 0.5) is 4.39 Å². The highest BCUT2D eigenvalue weighted by atomic mass is 35.5. The van der Waals surface area contributed by atoms with E-state index in [0.717, 1.165) is 18.5 Å². The Labute approximate surface area is 129 Å². The van der Waals surface area contributed by atoms with Gasteiger partial charge in [-0.05, 0) is 49.2 Å². The van der Waals surface area contributed by atoms with Crippen LogP contribution in [0.2, 0.25) is 5.02 Å². The van der Waals surface area contributed by atoms with E-state index >= 15 is 0 Å². The average molecular weight is 308 g/mol. The van der Waals surface area contributed by atoms with Crippen molar-refractivity contribution < 1.29 is 9.50 Å². The lowest BCUT2D eigenvalue weighted by Gasteiger charge is -2.20. The van der Waals surface area contributed by atoms with Crippen molar-refractivity contribution in [2.75, 3.05) is 6.54 Å². The number of rotatable bonds is 6. The molecule has 1 atom stereocenters. The first-order valence-corrected chi connectivity index (χ1v) is 7.44. The van der Waals surface area contributed by atoms with Gasteiger partial charge in [-0.15, -0.1) is 0 Å². The molecule has 2 N–H and O–H groups in total. The molecule has 0 aromatic heterocycles. The molecule has 0 spiro atoms. The molecule has 0 saturated heterocycles. The molecule has 0 aliphatic heterocycles. The van der Waals surface area contributed by atoms with Crippen molar-refractivity contribution in [3.63, 3.8) is 0 Å². The molecule has 2 rings (SSSR count). The van der Waals surface area contributed by atoms with Gasteiger partial charge >= 0.3 is 0 Å². The fourth-order valence-corrected chi connectivity index (χ4v) is 2.47. The maximum atomic E-state index is 14.1. The van der Waals surface area contributed by atoms with Crippen molar-refractivity contribution in [2.24, 2.45) is 0 Å². The highest BCUT2D eigenvalue weighted by molar-refractivity contribution is 6.30. The Balaban J connectivity index is 2.25. The Morgan fingerprint density at radius 3 is 2.71 bits per heavy atom. The lowest BCUT2D eigenvalue weighted by molar-refractivity contribution is 0.471. The monoisotopic (exact) mass is 307 g/mol. The van der Waals surface area contributed by atoms with E-state index in [2.05, 4.69) is 12.2 Å². The molecule has 2 aromatic carbocycles. The summed E-state index contributed by atoms with van der Waals surface area (Å²) in [5, 5.41) is 13.3. The van der Waals surface area contributed by atoms with Crippen molar-refractivity contribution in [1.82, 2.24) is 5.32 Å². The fourth-order valence-electron chi connectivity index (χ4n) is 2.31. The Bertz CT molecular complexity index is 603. The van der Waals surface area contributed by atoms with Gasteiger partial charge in [0, 0.05) is 16.6 Å². The van der Waals surface area contributed by atoms with E-state index in [0.29, 0.717) is 17.0 Å². The van der Waals surface area contributed by atoms with Crippen molar-refractivity contribution in [1.29, 1.82) is 0 Å². The third-order valence-electron chi connectivity index (χ3n) is 3.33. The first kappa shape index (κ1) is 15.8. The van der Waals surface area contributed by atoms with Gasteiger partial charge in [0.25, 0.3) is 0 Å². The number of hydrogen-bond donors (Lipinski definition) is 2. The molecule has 0 saturated carbocycles. The van der Waals surface area contributed by atoms with Crippen LogP contribution in [0.15, 0.2) is 42.5 Å². The predicted octanol–water partition coefficient (Wildman–Crippen LogP) is 4.47. The third-order valence-corrected chi connectivity index (χ3v) is 3.56. The minimum Gasteiger partial charge on any atom is -0.508 e. The standard InChI is InChI=1S/C17H19ClFNO/c1-2-8-20-17(10-12-4-3-5-14(21)9-12)15-7-6-13(18)11-16(15)19/h3-7,9,11,17,20-21H,2,8,10H2,1H3. The van der Waals surface area contributed by atoms with Crippen LogP contribution in [-0.2, 0) is 6.42 Å². The van der Waals surface area contributed by atoms with Gasteiger partial charge in [0.05, 0.1) is 0 Å².